The molecule has 4 heteroatoms. The van der Waals surface area contributed by atoms with E-state index in [2.05, 4.69) is 24.1 Å². The molecule has 1 atom stereocenters. The number of nitrogens with one attached hydrogen (secondary N) is 1. The highest BCUT2D eigenvalue weighted by atomic mass is 16.5. The van der Waals surface area contributed by atoms with Crippen LogP contribution in [0.25, 0.3) is 0 Å². The van der Waals surface area contributed by atoms with Gasteiger partial charge in [-0.2, -0.15) is 0 Å². The molecule has 0 bridgehead atoms. The van der Waals surface area contributed by atoms with E-state index in [1.807, 2.05) is 0 Å². The van der Waals surface area contributed by atoms with Crippen molar-refractivity contribution < 1.29 is 9.47 Å². The van der Waals surface area contributed by atoms with Gasteiger partial charge in [-0.25, -0.2) is 0 Å². The second-order valence-electron chi connectivity index (χ2n) is 4.79. The Balaban J connectivity index is 3.71. The van der Waals surface area contributed by atoms with E-state index in [0.717, 1.165) is 39.4 Å². The number of rotatable bonds is 13. The Morgan fingerprint density at radius 1 is 1.06 bits per heavy atom. The number of unbranched alkanes of at least 4 members (excludes halogenated alkanes) is 2. The number of methoxy groups -OCH3 is 2. The summed E-state index contributed by atoms with van der Waals surface area (Å²) < 4.78 is 10.4. The molecule has 0 spiro atoms. The lowest BCUT2D eigenvalue weighted by Crippen LogP contribution is -2.42. The Hall–Kier alpha value is -0.160. The molecule has 0 aromatic heterocycles. The third-order valence-corrected chi connectivity index (χ3v) is 3.15. The van der Waals surface area contributed by atoms with Crippen molar-refractivity contribution in [1.82, 2.24) is 10.2 Å². The second-order valence-corrected chi connectivity index (χ2v) is 4.79. The summed E-state index contributed by atoms with van der Waals surface area (Å²) in [7, 11) is 3.51. The lowest BCUT2D eigenvalue weighted by atomic mass is 10.2. The molecule has 0 heterocycles. The normalized spacial score (nSPS) is 13.2. The van der Waals surface area contributed by atoms with E-state index >= 15 is 0 Å². The molecule has 0 aliphatic heterocycles. The zero-order valence-electron chi connectivity index (χ0n) is 12.7. The van der Waals surface area contributed by atoms with Gasteiger partial charge in [-0.3, -0.25) is 4.90 Å². The zero-order valence-corrected chi connectivity index (χ0v) is 12.7. The summed E-state index contributed by atoms with van der Waals surface area (Å²) in [5.41, 5.74) is 0. The molecule has 0 amide bonds. The van der Waals surface area contributed by atoms with Gasteiger partial charge in [-0.05, 0) is 19.9 Å². The number of hydrogen-bond donors (Lipinski definition) is 1. The molecular weight excluding hydrogens is 228 g/mol. The van der Waals surface area contributed by atoms with Crippen molar-refractivity contribution >= 4 is 0 Å². The smallest absolute Gasteiger partial charge is 0.0615 e. The van der Waals surface area contributed by atoms with Crippen LogP contribution in [0.3, 0.4) is 0 Å². The maximum atomic E-state index is 5.22. The van der Waals surface area contributed by atoms with Gasteiger partial charge in [0, 0.05) is 39.9 Å². The van der Waals surface area contributed by atoms with Crippen molar-refractivity contribution in [2.75, 3.05) is 53.6 Å². The standard InChI is InChI=1S/C14H32N2O2/c1-5-6-7-8-15-9-10-16(11-12-17-3)14(2)13-18-4/h14-15H,5-13H2,1-4H3. The number of ether oxygens (including phenoxy) is 2. The number of hydrogen-bond acceptors (Lipinski definition) is 4. The van der Waals surface area contributed by atoms with Gasteiger partial charge in [0.05, 0.1) is 13.2 Å². The Morgan fingerprint density at radius 3 is 2.44 bits per heavy atom. The summed E-state index contributed by atoms with van der Waals surface area (Å²) in [6, 6.07) is 0.447. The van der Waals surface area contributed by atoms with Gasteiger partial charge in [0.15, 0.2) is 0 Å². The molecule has 0 saturated carbocycles. The Labute approximate surface area is 113 Å². The monoisotopic (exact) mass is 260 g/mol. The first-order valence-electron chi connectivity index (χ1n) is 7.18. The molecule has 0 saturated heterocycles. The van der Waals surface area contributed by atoms with Gasteiger partial charge in [0.2, 0.25) is 0 Å². The zero-order chi connectivity index (χ0) is 13.6. The van der Waals surface area contributed by atoms with Crippen LogP contribution < -0.4 is 5.32 Å². The van der Waals surface area contributed by atoms with Crippen LogP contribution in [-0.4, -0.2) is 64.6 Å². The summed E-state index contributed by atoms with van der Waals surface area (Å²) in [6.07, 6.45) is 3.88. The first-order valence-corrected chi connectivity index (χ1v) is 7.18. The third-order valence-electron chi connectivity index (χ3n) is 3.15. The molecule has 0 aliphatic carbocycles. The highest BCUT2D eigenvalue weighted by Gasteiger charge is 2.12. The third kappa shape index (κ3) is 9.83. The van der Waals surface area contributed by atoms with E-state index in [-0.39, 0.29) is 0 Å². The van der Waals surface area contributed by atoms with E-state index in [9.17, 15) is 0 Å². The summed E-state index contributed by atoms with van der Waals surface area (Å²) in [5, 5.41) is 3.50. The Kier molecular flexibility index (Phi) is 13.2. The van der Waals surface area contributed by atoms with E-state index in [4.69, 9.17) is 9.47 Å². The van der Waals surface area contributed by atoms with Crippen molar-refractivity contribution in [3.8, 4) is 0 Å². The molecule has 1 N–H and O–H groups in total. The van der Waals surface area contributed by atoms with Gasteiger partial charge >= 0.3 is 0 Å². The fraction of sp³-hybridized carbons (Fsp3) is 1.00. The lowest BCUT2D eigenvalue weighted by molar-refractivity contribution is 0.0757. The van der Waals surface area contributed by atoms with Crippen LogP contribution in [0.1, 0.15) is 33.1 Å². The largest absolute Gasteiger partial charge is 0.383 e. The predicted molar refractivity (Wildman–Crippen MR) is 77.2 cm³/mol. The average Bonchev–Trinajstić information content (AvgIpc) is 2.37. The van der Waals surface area contributed by atoms with Crippen molar-refractivity contribution in [2.24, 2.45) is 0 Å². The van der Waals surface area contributed by atoms with Gasteiger partial charge in [-0.15, -0.1) is 0 Å². The summed E-state index contributed by atoms with van der Waals surface area (Å²) in [5.74, 6) is 0. The minimum Gasteiger partial charge on any atom is -0.383 e. The Morgan fingerprint density at radius 2 is 1.83 bits per heavy atom. The molecule has 0 radical (unpaired) electrons. The van der Waals surface area contributed by atoms with Crippen LogP contribution in [0, 0.1) is 0 Å². The molecule has 1 unspecified atom stereocenters. The predicted octanol–water partition coefficient (Wildman–Crippen LogP) is 1.75. The topological polar surface area (TPSA) is 33.7 Å². The van der Waals surface area contributed by atoms with Gasteiger partial charge in [-0.1, -0.05) is 19.8 Å². The van der Waals surface area contributed by atoms with Crippen molar-refractivity contribution in [3.05, 3.63) is 0 Å². The number of nitrogens with zero attached hydrogens (tertiary/aromatic N) is 1. The molecule has 0 aromatic rings. The first kappa shape index (κ1) is 17.8. The molecule has 110 valence electrons. The van der Waals surface area contributed by atoms with E-state index < -0.39 is 0 Å². The van der Waals surface area contributed by atoms with E-state index in [0.29, 0.717) is 6.04 Å². The maximum absolute atomic E-state index is 5.22. The average molecular weight is 260 g/mol. The highest BCUT2D eigenvalue weighted by Crippen LogP contribution is 1.99. The van der Waals surface area contributed by atoms with E-state index in [1.54, 1.807) is 14.2 Å². The summed E-state index contributed by atoms with van der Waals surface area (Å²) in [4.78, 5) is 2.42. The summed E-state index contributed by atoms with van der Waals surface area (Å²) >= 11 is 0. The first-order chi connectivity index (χ1) is 8.76. The minimum atomic E-state index is 0.447. The van der Waals surface area contributed by atoms with Crippen LogP contribution in [0.4, 0.5) is 0 Å². The van der Waals surface area contributed by atoms with Crippen LogP contribution >= 0.6 is 0 Å². The van der Waals surface area contributed by atoms with Crippen molar-refractivity contribution in [1.29, 1.82) is 0 Å². The molecular formula is C14H32N2O2. The fourth-order valence-corrected chi connectivity index (χ4v) is 1.96. The van der Waals surface area contributed by atoms with Crippen molar-refractivity contribution in [3.63, 3.8) is 0 Å². The van der Waals surface area contributed by atoms with Gasteiger partial charge in [0.25, 0.3) is 0 Å². The lowest BCUT2D eigenvalue weighted by Gasteiger charge is -2.28. The molecule has 0 aromatic carbocycles. The molecule has 0 rings (SSSR count). The molecule has 18 heavy (non-hydrogen) atoms. The second kappa shape index (κ2) is 13.3. The highest BCUT2D eigenvalue weighted by molar-refractivity contribution is 4.67. The van der Waals surface area contributed by atoms with Crippen LogP contribution in [0.2, 0.25) is 0 Å². The summed E-state index contributed by atoms with van der Waals surface area (Å²) in [6.45, 7) is 10.2. The maximum Gasteiger partial charge on any atom is 0.0615 e. The SMILES string of the molecule is CCCCCNCCN(CCOC)C(C)COC. The molecule has 0 fully saturated rings. The van der Waals surface area contributed by atoms with Crippen LogP contribution in [-0.2, 0) is 9.47 Å². The fourth-order valence-electron chi connectivity index (χ4n) is 1.96. The van der Waals surface area contributed by atoms with Gasteiger partial charge in [0.1, 0.15) is 0 Å². The molecule has 4 nitrogen and oxygen atoms in total. The van der Waals surface area contributed by atoms with Crippen molar-refractivity contribution in [2.45, 2.75) is 39.2 Å². The Bertz CT molecular complexity index is 168. The van der Waals surface area contributed by atoms with E-state index in [1.165, 1.54) is 19.3 Å². The minimum absolute atomic E-state index is 0.447. The van der Waals surface area contributed by atoms with Crippen LogP contribution in [0.15, 0.2) is 0 Å². The van der Waals surface area contributed by atoms with Crippen LogP contribution in [0.5, 0.6) is 0 Å². The van der Waals surface area contributed by atoms with Gasteiger partial charge < -0.3 is 14.8 Å². The quantitative estimate of drug-likeness (QED) is 0.512. The molecule has 0 aliphatic rings.